The lowest BCUT2D eigenvalue weighted by Gasteiger charge is -1.88. The van der Waals surface area contributed by atoms with E-state index in [2.05, 4.69) is 0 Å². The number of hydrogen-bond donors (Lipinski definition) is 2. The van der Waals surface area contributed by atoms with Gasteiger partial charge in [0.1, 0.15) is 0 Å². The van der Waals surface area contributed by atoms with Crippen molar-refractivity contribution in [3.63, 3.8) is 0 Å². The number of aromatic carboxylic acids is 2. The van der Waals surface area contributed by atoms with E-state index in [0.717, 1.165) is 0 Å². The van der Waals surface area contributed by atoms with Crippen LogP contribution < -0.4 is 0 Å². The van der Waals surface area contributed by atoms with Gasteiger partial charge in [0.15, 0.2) is 0 Å². The molecule has 2 aromatic rings. The summed E-state index contributed by atoms with van der Waals surface area (Å²) in [6.45, 7) is 0. The largest absolute Gasteiger partial charge is 0.478 e. The molecule has 0 amide bonds. The number of carbonyl (C=O) groups is 2. The predicted octanol–water partition coefficient (Wildman–Crippen LogP) is 8.46. The van der Waals surface area contributed by atoms with Crippen molar-refractivity contribution in [2.24, 2.45) is 0 Å². The van der Waals surface area contributed by atoms with Gasteiger partial charge in [-0.2, -0.15) is 8.42 Å². The van der Waals surface area contributed by atoms with E-state index in [1.165, 1.54) is 0 Å². The van der Waals surface area contributed by atoms with Crippen LogP contribution in [0.2, 0.25) is 0 Å². The molecule has 0 aliphatic heterocycles. The second kappa shape index (κ2) is 45.8. The van der Waals surface area contributed by atoms with Gasteiger partial charge >= 0.3 is 23.5 Å². The van der Waals surface area contributed by atoms with Gasteiger partial charge in [0.25, 0.3) is 0 Å². The van der Waals surface area contributed by atoms with Crippen LogP contribution in [0.4, 0.5) is 0 Å². The van der Waals surface area contributed by atoms with Crippen LogP contribution >= 0.6 is 0 Å². The van der Waals surface area contributed by atoms with Crippen molar-refractivity contribution in [1.82, 2.24) is 0 Å². The lowest BCUT2D eigenvalue weighted by Crippen LogP contribution is -1.93. The number of benzene rings is 2. The molecule has 190 valence electrons. The molecule has 0 spiro atoms. The van der Waals surface area contributed by atoms with Crippen molar-refractivity contribution < 1.29 is 28.2 Å². The Morgan fingerprint density at radius 1 is 0.484 bits per heavy atom. The van der Waals surface area contributed by atoms with Crippen LogP contribution in [0.25, 0.3) is 0 Å². The molecule has 7 heteroatoms. The zero-order valence-electron chi connectivity index (χ0n) is 10.7. The molecule has 0 radical (unpaired) electrons. The average molecular weight is 469 g/mol. The highest BCUT2D eigenvalue weighted by Gasteiger charge is 1.97. The SMILES string of the molecule is C.C.C.C.C.C.C.C.C.C.O=C(O)c1ccccc1.O=C(O)c1ccccc1.O=S=O. The highest BCUT2D eigenvalue weighted by Crippen LogP contribution is 1.96. The Bertz CT molecular complexity index is 546. The summed E-state index contributed by atoms with van der Waals surface area (Å²) in [6, 6.07) is 16.6. The first-order valence-corrected chi connectivity index (χ1v) is 6.18. The first kappa shape index (κ1) is 70.5. The van der Waals surface area contributed by atoms with Gasteiger partial charge in [-0.1, -0.05) is 111 Å². The highest BCUT2D eigenvalue weighted by atomic mass is 32.1. The Hall–Kier alpha value is -2.80. The first-order chi connectivity index (χ1) is 10.0. The summed E-state index contributed by atoms with van der Waals surface area (Å²) in [5.74, 6) is -1.76. The molecule has 0 heterocycles. The Morgan fingerprint density at radius 3 is 0.742 bits per heavy atom. The number of rotatable bonds is 2. The zero-order chi connectivity index (χ0) is 16.1. The summed E-state index contributed by atoms with van der Waals surface area (Å²) in [6.07, 6.45) is 0. The number of carboxylic acid groups (broad SMARTS) is 2. The Balaban J connectivity index is -0.0000000198. The molecule has 0 fully saturated rings. The molecule has 0 atom stereocenters. The maximum Gasteiger partial charge on any atom is 0.335 e. The molecular formula is C24H52O6S. The quantitative estimate of drug-likeness (QED) is 0.457. The third-order valence-corrected chi connectivity index (χ3v) is 2.04. The van der Waals surface area contributed by atoms with E-state index < -0.39 is 23.5 Å². The van der Waals surface area contributed by atoms with Gasteiger partial charge in [0, 0.05) is 0 Å². The minimum absolute atomic E-state index is 0. The first-order valence-electron chi connectivity index (χ1n) is 5.51. The van der Waals surface area contributed by atoms with Crippen LogP contribution in [0.5, 0.6) is 0 Å². The molecule has 0 aliphatic rings. The lowest BCUT2D eigenvalue weighted by molar-refractivity contribution is 0.0686. The van der Waals surface area contributed by atoms with Crippen LogP contribution in [-0.4, -0.2) is 30.6 Å². The summed E-state index contributed by atoms with van der Waals surface area (Å²) in [7, 11) is 0. The fourth-order valence-corrected chi connectivity index (χ4v) is 1.16. The maximum atomic E-state index is 10.2. The molecule has 31 heavy (non-hydrogen) atoms. The van der Waals surface area contributed by atoms with E-state index in [1.807, 2.05) is 0 Å². The topological polar surface area (TPSA) is 109 Å². The monoisotopic (exact) mass is 468 g/mol. The molecule has 0 aliphatic carbocycles. The van der Waals surface area contributed by atoms with E-state index in [0.29, 0.717) is 11.1 Å². The minimum atomic E-state index is -0.879. The molecule has 2 rings (SSSR count). The molecule has 0 bridgehead atoms. The standard InChI is InChI=1S/2C7H6O2.10CH4.O2S/c2*8-7(9)6-4-2-1-3-5-6;;;;;;;;;;;1-3-2/h2*1-5H,(H,8,9);10*1H4;. The average Bonchev–Trinajstić information content (AvgIpc) is 2.50. The van der Waals surface area contributed by atoms with Gasteiger partial charge in [0.05, 0.1) is 11.1 Å². The molecule has 0 unspecified atom stereocenters. The molecule has 2 N–H and O–H groups in total. The minimum Gasteiger partial charge on any atom is -0.478 e. The summed E-state index contributed by atoms with van der Waals surface area (Å²) < 4.78 is 16.6. The fourth-order valence-electron chi connectivity index (χ4n) is 1.16. The summed E-state index contributed by atoms with van der Waals surface area (Å²) in [5, 5.41) is 16.8. The predicted molar refractivity (Wildman–Crippen MR) is 143 cm³/mol. The molecule has 2 aromatic carbocycles. The van der Waals surface area contributed by atoms with Gasteiger partial charge in [-0.3, -0.25) is 0 Å². The zero-order valence-corrected chi connectivity index (χ0v) is 11.5. The number of hydrogen-bond acceptors (Lipinski definition) is 4. The van der Waals surface area contributed by atoms with Crippen LogP contribution in [0, 0.1) is 0 Å². The van der Waals surface area contributed by atoms with Crippen LogP contribution in [-0.2, 0) is 11.6 Å². The Kier molecular flexibility index (Phi) is 104. The van der Waals surface area contributed by atoms with E-state index >= 15 is 0 Å². The van der Waals surface area contributed by atoms with E-state index in [9.17, 15) is 9.59 Å². The van der Waals surface area contributed by atoms with E-state index in [4.69, 9.17) is 18.6 Å². The van der Waals surface area contributed by atoms with Crippen LogP contribution in [0.3, 0.4) is 0 Å². The Labute approximate surface area is 198 Å². The summed E-state index contributed by atoms with van der Waals surface area (Å²) in [5.41, 5.74) is 0.662. The van der Waals surface area contributed by atoms with E-state index in [1.54, 1.807) is 60.7 Å². The molecule has 0 aromatic heterocycles. The van der Waals surface area contributed by atoms with Crippen molar-refractivity contribution in [1.29, 1.82) is 0 Å². The van der Waals surface area contributed by atoms with Crippen molar-refractivity contribution in [3.05, 3.63) is 71.8 Å². The van der Waals surface area contributed by atoms with Gasteiger partial charge in [-0.25, -0.2) is 9.59 Å². The number of carboxylic acids is 2. The fraction of sp³-hybridized carbons (Fsp3) is 0.417. The second-order valence-corrected chi connectivity index (χ2v) is 3.55. The van der Waals surface area contributed by atoms with Crippen molar-refractivity contribution >= 4 is 23.5 Å². The highest BCUT2D eigenvalue weighted by molar-refractivity contribution is 7.51. The molecular weight excluding hydrogens is 416 g/mol. The second-order valence-electron chi connectivity index (χ2n) is 3.41. The summed E-state index contributed by atoms with van der Waals surface area (Å²) >= 11 is -0.750. The van der Waals surface area contributed by atoms with Crippen LogP contribution in [0.1, 0.15) is 95.0 Å². The maximum absolute atomic E-state index is 10.2. The lowest BCUT2D eigenvalue weighted by atomic mass is 10.2. The van der Waals surface area contributed by atoms with E-state index in [-0.39, 0.29) is 74.3 Å². The normalized spacial score (nSPS) is 5.55. The van der Waals surface area contributed by atoms with Crippen molar-refractivity contribution in [2.75, 3.05) is 0 Å². The van der Waals surface area contributed by atoms with Gasteiger partial charge in [-0.15, -0.1) is 0 Å². The smallest absolute Gasteiger partial charge is 0.335 e. The molecule has 0 saturated carbocycles. The summed E-state index contributed by atoms with van der Waals surface area (Å²) in [4.78, 5) is 20.4. The molecule has 0 saturated heterocycles. The molecule has 6 nitrogen and oxygen atoms in total. The van der Waals surface area contributed by atoms with Crippen molar-refractivity contribution in [2.45, 2.75) is 74.3 Å². The van der Waals surface area contributed by atoms with Crippen LogP contribution in [0.15, 0.2) is 60.7 Å². The third-order valence-electron chi connectivity index (χ3n) is 2.04. The third kappa shape index (κ3) is 38.4. The van der Waals surface area contributed by atoms with Gasteiger partial charge < -0.3 is 10.2 Å². The Morgan fingerprint density at radius 2 is 0.645 bits per heavy atom. The van der Waals surface area contributed by atoms with Gasteiger partial charge in [-0.05, 0) is 24.3 Å². The van der Waals surface area contributed by atoms with Crippen molar-refractivity contribution in [3.8, 4) is 0 Å². The van der Waals surface area contributed by atoms with Gasteiger partial charge in [0.2, 0.25) is 0 Å².